The first kappa shape index (κ1) is 14.5. The van der Waals surface area contributed by atoms with Crippen LogP contribution < -0.4 is 5.32 Å². The van der Waals surface area contributed by atoms with E-state index in [9.17, 15) is 14.4 Å². The lowest BCUT2D eigenvalue weighted by Gasteiger charge is -2.11. The maximum atomic E-state index is 11.4. The van der Waals surface area contributed by atoms with Crippen LogP contribution in [0.3, 0.4) is 0 Å². The molecule has 0 bridgehead atoms. The maximum absolute atomic E-state index is 11.4. The molecule has 0 fully saturated rings. The predicted octanol–water partition coefficient (Wildman–Crippen LogP) is 0.727. The Morgan fingerprint density at radius 2 is 2.11 bits per heavy atom. The van der Waals surface area contributed by atoms with Gasteiger partial charge in [0.05, 0.1) is 6.26 Å². The Balaban J connectivity index is 2.51. The van der Waals surface area contributed by atoms with Crippen molar-refractivity contribution in [3.8, 4) is 0 Å². The minimum absolute atomic E-state index is 0.176. The third-order valence-corrected chi connectivity index (χ3v) is 2.20. The molecule has 0 aliphatic carbocycles. The van der Waals surface area contributed by atoms with Crippen LogP contribution in [0.4, 0.5) is 0 Å². The molecule has 102 valence electrons. The molecule has 1 amide bonds. The molecule has 1 rings (SSSR count). The fourth-order valence-corrected chi connectivity index (χ4v) is 1.29. The Kier molecular flexibility index (Phi) is 5.34. The van der Waals surface area contributed by atoms with Gasteiger partial charge < -0.3 is 19.9 Å². The van der Waals surface area contributed by atoms with Gasteiger partial charge >= 0.3 is 11.9 Å². The van der Waals surface area contributed by atoms with Crippen LogP contribution in [0, 0.1) is 0 Å². The molecule has 0 saturated carbocycles. The van der Waals surface area contributed by atoms with Crippen molar-refractivity contribution in [1.82, 2.24) is 5.32 Å². The van der Waals surface area contributed by atoms with Gasteiger partial charge in [-0.1, -0.05) is 0 Å². The molecular weight excluding hydrogens is 254 g/mol. The topological polar surface area (TPSA) is 117 Å². The van der Waals surface area contributed by atoms with Gasteiger partial charge in [0.2, 0.25) is 5.91 Å². The Morgan fingerprint density at radius 1 is 1.37 bits per heavy atom. The lowest BCUT2D eigenvalue weighted by molar-refractivity contribution is -0.142. The van der Waals surface area contributed by atoms with Gasteiger partial charge in [-0.3, -0.25) is 9.59 Å². The summed E-state index contributed by atoms with van der Waals surface area (Å²) in [4.78, 5) is 32.6. The van der Waals surface area contributed by atoms with E-state index in [4.69, 9.17) is 14.6 Å². The van der Waals surface area contributed by atoms with Gasteiger partial charge in [0, 0.05) is 12.5 Å². The normalized spacial score (nSPS) is 12.2. The van der Waals surface area contributed by atoms with E-state index in [1.807, 2.05) is 0 Å². The van der Waals surface area contributed by atoms with Crippen LogP contribution in [0.1, 0.15) is 18.6 Å². The van der Waals surface area contributed by atoms with Crippen molar-refractivity contribution in [3.63, 3.8) is 0 Å². The second-order valence-corrected chi connectivity index (χ2v) is 3.68. The predicted molar refractivity (Wildman–Crippen MR) is 64.2 cm³/mol. The number of carbonyl (C=O) groups excluding carboxylic acids is 1. The number of furan rings is 1. The highest BCUT2D eigenvalue weighted by molar-refractivity contribution is 5.94. The number of nitrogens with one attached hydrogen (secondary N) is 1. The zero-order valence-electron chi connectivity index (χ0n) is 9.91. The second-order valence-electron chi connectivity index (χ2n) is 3.68. The summed E-state index contributed by atoms with van der Waals surface area (Å²) in [7, 11) is 0. The molecule has 1 aromatic heterocycles. The van der Waals surface area contributed by atoms with Crippen LogP contribution in [0.25, 0.3) is 6.08 Å². The SMILES string of the molecule is O=C(O)CC[C@H](NC(=O)C=Cc1ccco1)C(=O)O. The van der Waals surface area contributed by atoms with Crippen molar-refractivity contribution in [3.05, 3.63) is 30.2 Å². The third kappa shape index (κ3) is 5.53. The molecule has 0 aliphatic heterocycles. The molecule has 0 radical (unpaired) electrons. The van der Waals surface area contributed by atoms with E-state index in [2.05, 4.69) is 5.32 Å². The van der Waals surface area contributed by atoms with Gasteiger partial charge in [-0.25, -0.2) is 4.79 Å². The lowest BCUT2D eigenvalue weighted by atomic mass is 10.1. The maximum Gasteiger partial charge on any atom is 0.326 e. The van der Waals surface area contributed by atoms with Crippen molar-refractivity contribution in [2.75, 3.05) is 0 Å². The monoisotopic (exact) mass is 267 g/mol. The molecule has 19 heavy (non-hydrogen) atoms. The molecule has 0 saturated heterocycles. The number of carboxylic acids is 2. The third-order valence-electron chi connectivity index (χ3n) is 2.20. The van der Waals surface area contributed by atoms with Gasteiger partial charge in [0.15, 0.2) is 0 Å². The van der Waals surface area contributed by atoms with Crippen molar-refractivity contribution in [1.29, 1.82) is 0 Å². The van der Waals surface area contributed by atoms with Gasteiger partial charge in [-0.05, 0) is 24.6 Å². The smallest absolute Gasteiger partial charge is 0.326 e. The van der Waals surface area contributed by atoms with E-state index in [1.165, 1.54) is 12.3 Å². The molecule has 7 heteroatoms. The lowest BCUT2D eigenvalue weighted by Crippen LogP contribution is -2.40. The summed E-state index contributed by atoms with van der Waals surface area (Å²) < 4.78 is 4.95. The van der Waals surface area contributed by atoms with Crippen LogP contribution in [0.15, 0.2) is 28.9 Å². The fraction of sp³-hybridized carbons (Fsp3) is 0.250. The van der Waals surface area contributed by atoms with E-state index in [1.54, 1.807) is 12.1 Å². The molecular formula is C12H13NO6. The Morgan fingerprint density at radius 3 is 2.63 bits per heavy atom. The Bertz CT molecular complexity index is 476. The fourth-order valence-electron chi connectivity index (χ4n) is 1.29. The average Bonchev–Trinajstić information content (AvgIpc) is 2.84. The van der Waals surface area contributed by atoms with Gasteiger partial charge in [-0.2, -0.15) is 0 Å². The molecule has 0 spiro atoms. The van der Waals surface area contributed by atoms with Crippen molar-refractivity contribution in [2.24, 2.45) is 0 Å². The molecule has 1 heterocycles. The highest BCUT2D eigenvalue weighted by atomic mass is 16.4. The van der Waals surface area contributed by atoms with Crippen LogP contribution in [0.2, 0.25) is 0 Å². The van der Waals surface area contributed by atoms with E-state index in [0.717, 1.165) is 6.08 Å². The summed E-state index contributed by atoms with van der Waals surface area (Å²) in [5.41, 5.74) is 0. The first-order chi connectivity index (χ1) is 8.99. The zero-order valence-corrected chi connectivity index (χ0v) is 9.91. The Labute approximate surface area is 108 Å². The summed E-state index contributed by atoms with van der Waals surface area (Å²) >= 11 is 0. The summed E-state index contributed by atoms with van der Waals surface area (Å²) in [6.45, 7) is 0. The van der Waals surface area contributed by atoms with Crippen LogP contribution in [0.5, 0.6) is 0 Å². The number of carbonyl (C=O) groups is 3. The summed E-state index contributed by atoms with van der Waals surface area (Å²) in [6, 6.07) is 2.04. The summed E-state index contributed by atoms with van der Waals surface area (Å²) in [5.74, 6) is -2.57. The number of rotatable bonds is 7. The van der Waals surface area contributed by atoms with Gasteiger partial charge in [0.1, 0.15) is 11.8 Å². The highest BCUT2D eigenvalue weighted by Gasteiger charge is 2.19. The second kappa shape index (κ2) is 7.00. The molecule has 7 nitrogen and oxygen atoms in total. The van der Waals surface area contributed by atoms with Crippen LogP contribution >= 0.6 is 0 Å². The quantitative estimate of drug-likeness (QED) is 0.627. The first-order valence-electron chi connectivity index (χ1n) is 5.45. The number of hydrogen-bond donors (Lipinski definition) is 3. The minimum Gasteiger partial charge on any atom is -0.481 e. The van der Waals surface area contributed by atoms with Gasteiger partial charge in [-0.15, -0.1) is 0 Å². The van der Waals surface area contributed by atoms with E-state index in [0.29, 0.717) is 5.76 Å². The van der Waals surface area contributed by atoms with Crippen molar-refractivity contribution in [2.45, 2.75) is 18.9 Å². The molecule has 1 atom stereocenters. The molecule has 3 N–H and O–H groups in total. The standard InChI is InChI=1S/C12H13NO6/c14-10(5-3-8-2-1-7-19-8)13-9(12(17)18)4-6-11(15)16/h1-3,5,7,9H,4,6H2,(H,13,14)(H,15,16)(H,17,18)/t9-/m0/s1. The van der Waals surface area contributed by atoms with Crippen molar-refractivity contribution >= 4 is 23.9 Å². The number of hydrogen-bond acceptors (Lipinski definition) is 4. The largest absolute Gasteiger partial charge is 0.481 e. The number of amides is 1. The zero-order chi connectivity index (χ0) is 14.3. The van der Waals surface area contributed by atoms with Crippen LogP contribution in [-0.4, -0.2) is 34.1 Å². The minimum atomic E-state index is -1.28. The number of carboxylic acid groups (broad SMARTS) is 2. The van der Waals surface area contributed by atoms with E-state index >= 15 is 0 Å². The molecule has 0 unspecified atom stereocenters. The van der Waals surface area contributed by atoms with Gasteiger partial charge in [0.25, 0.3) is 0 Å². The Hall–Kier alpha value is -2.57. The molecule has 0 aromatic carbocycles. The van der Waals surface area contributed by atoms with E-state index in [-0.39, 0.29) is 12.8 Å². The summed E-state index contributed by atoms with van der Waals surface area (Å²) in [5, 5.41) is 19.5. The highest BCUT2D eigenvalue weighted by Crippen LogP contribution is 2.03. The van der Waals surface area contributed by atoms with E-state index < -0.39 is 23.9 Å². The number of aliphatic carboxylic acids is 2. The first-order valence-corrected chi connectivity index (χ1v) is 5.45. The van der Waals surface area contributed by atoms with Crippen LogP contribution in [-0.2, 0) is 14.4 Å². The molecule has 0 aliphatic rings. The molecule has 1 aromatic rings. The summed E-state index contributed by atoms with van der Waals surface area (Å²) in [6.07, 6.45) is 3.43. The van der Waals surface area contributed by atoms with Crippen molar-refractivity contribution < 1.29 is 29.0 Å². The average molecular weight is 267 g/mol.